The molecule has 2 N–H and O–H groups in total. The van der Waals surface area contributed by atoms with E-state index in [1.54, 1.807) is 0 Å². The van der Waals surface area contributed by atoms with E-state index in [0.717, 1.165) is 44.9 Å². The number of hydrogen-bond donors (Lipinski definition) is 2. The molecule has 4 nitrogen and oxygen atoms in total. The van der Waals surface area contributed by atoms with Gasteiger partial charge < -0.3 is 5.11 Å². The maximum Gasteiger partial charge on any atom is 0.303 e. The minimum Gasteiger partial charge on any atom is -0.481 e. The predicted octanol–water partition coefficient (Wildman–Crippen LogP) is 5.35. The lowest BCUT2D eigenvalue weighted by atomic mass is 10.1. The van der Waals surface area contributed by atoms with E-state index < -0.39 is 5.97 Å². The predicted molar refractivity (Wildman–Crippen MR) is 89.9 cm³/mol. The Morgan fingerprint density at radius 1 is 1.05 bits per heavy atom. The number of rotatable bonds is 15. The van der Waals surface area contributed by atoms with Gasteiger partial charge in [0.25, 0.3) is 0 Å². The fourth-order valence-corrected chi connectivity index (χ4v) is 2.21. The third kappa shape index (κ3) is 15.3. The van der Waals surface area contributed by atoms with E-state index in [1.165, 1.54) is 19.3 Å². The molecule has 0 aliphatic rings. The first kappa shape index (κ1) is 20.9. The Morgan fingerprint density at radius 2 is 1.77 bits per heavy atom. The summed E-state index contributed by atoms with van der Waals surface area (Å²) < 4.78 is 0. The van der Waals surface area contributed by atoms with Crippen LogP contribution < -0.4 is 0 Å². The normalized spacial score (nSPS) is 13.2. The number of aliphatic carboxylic acids is 1. The number of unbranched alkanes of at least 4 members (excludes halogenated alkanes) is 7. The zero-order valence-electron chi connectivity index (χ0n) is 13.9. The summed E-state index contributed by atoms with van der Waals surface area (Å²) in [6.07, 6.45) is 18.3. The average molecular weight is 312 g/mol. The van der Waals surface area contributed by atoms with Crippen molar-refractivity contribution in [3.05, 3.63) is 24.3 Å². The SMILES string of the molecule is CCCCC/C=C\C=C\[C@@H](CCCCCCCC(=O)O)OO. The van der Waals surface area contributed by atoms with Crippen LogP contribution in [0.1, 0.15) is 77.6 Å². The van der Waals surface area contributed by atoms with Crippen molar-refractivity contribution in [1.82, 2.24) is 0 Å². The molecule has 0 amide bonds. The van der Waals surface area contributed by atoms with Gasteiger partial charge >= 0.3 is 5.97 Å². The molecule has 1 atom stereocenters. The van der Waals surface area contributed by atoms with Crippen LogP contribution in [0.5, 0.6) is 0 Å². The highest BCUT2D eigenvalue weighted by atomic mass is 17.1. The smallest absolute Gasteiger partial charge is 0.303 e. The first-order chi connectivity index (χ1) is 10.7. The first-order valence-corrected chi connectivity index (χ1v) is 8.56. The largest absolute Gasteiger partial charge is 0.481 e. The number of carboxylic acids is 1. The molecule has 0 aromatic heterocycles. The maximum absolute atomic E-state index is 10.4. The average Bonchev–Trinajstić information content (AvgIpc) is 2.50. The molecule has 0 rings (SSSR count). The molecular weight excluding hydrogens is 280 g/mol. The van der Waals surface area contributed by atoms with Gasteiger partial charge in [-0.05, 0) is 25.7 Å². The zero-order chi connectivity index (χ0) is 16.5. The van der Waals surface area contributed by atoms with Crippen LogP contribution in [-0.4, -0.2) is 22.4 Å². The van der Waals surface area contributed by atoms with Crippen molar-refractivity contribution in [1.29, 1.82) is 0 Å². The van der Waals surface area contributed by atoms with E-state index in [2.05, 4.69) is 17.9 Å². The van der Waals surface area contributed by atoms with E-state index >= 15 is 0 Å². The van der Waals surface area contributed by atoms with Crippen LogP contribution in [0.25, 0.3) is 0 Å². The third-order valence-corrected chi connectivity index (χ3v) is 3.56. The van der Waals surface area contributed by atoms with Gasteiger partial charge in [-0.3, -0.25) is 10.1 Å². The molecule has 0 radical (unpaired) electrons. The highest BCUT2D eigenvalue weighted by molar-refractivity contribution is 5.66. The fraction of sp³-hybridized carbons (Fsp3) is 0.722. The van der Waals surface area contributed by atoms with Crippen molar-refractivity contribution < 1.29 is 20.0 Å². The molecule has 0 unspecified atom stereocenters. The Bertz CT molecular complexity index is 310. The lowest BCUT2D eigenvalue weighted by Crippen LogP contribution is -2.06. The number of hydrogen-bond acceptors (Lipinski definition) is 3. The van der Waals surface area contributed by atoms with Crippen LogP contribution in [0.3, 0.4) is 0 Å². The lowest BCUT2D eigenvalue weighted by Gasteiger charge is -2.08. The van der Waals surface area contributed by atoms with Gasteiger partial charge in [-0.25, -0.2) is 4.89 Å². The lowest BCUT2D eigenvalue weighted by molar-refractivity contribution is -0.267. The Kier molecular flexibility index (Phi) is 15.4. The topological polar surface area (TPSA) is 66.8 Å². The third-order valence-electron chi connectivity index (χ3n) is 3.56. The van der Waals surface area contributed by atoms with Crippen molar-refractivity contribution in [2.45, 2.75) is 83.7 Å². The van der Waals surface area contributed by atoms with Crippen molar-refractivity contribution in [2.75, 3.05) is 0 Å². The molecule has 0 saturated carbocycles. The molecule has 0 aromatic rings. The summed E-state index contributed by atoms with van der Waals surface area (Å²) in [4.78, 5) is 14.8. The van der Waals surface area contributed by atoms with Crippen molar-refractivity contribution in [3.8, 4) is 0 Å². The molecule has 128 valence electrons. The van der Waals surface area contributed by atoms with E-state index in [-0.39, 0.29) is 12.5 Å². The highest BCUT2D eigenvalue weighted by Gasteiger charge is 2.03. The number of allylic oxidation sites excluding steroid dienone is 3. The molecule has 0 fully saturated rings. The Hall–Kier alpha value is -1.13. The van der Waals surface area contributed by atoms with E-state index in [4.69, 9.17) is 10.4 Å². The van der Waals surface area contributed by atoms with Crippen LogP contribution in [0.2, 0.25) is 0 Å². The summed E-state index contributed by atoms with van der Waals surface area (Å²) in [6, 6.07) is 0. The van der Waals surface area contributed by atoms with Crippen molar-refractivity contribution in [3.63, 3.8) is 0 Å². The number of carboxylic acid groups (broad SMARTS) is 1. The summed E-state index contributed by atoms with van der Waals surface area (Å²) in [7, 11) is 0. The van der Waals surface area contributed by atoms with Gasteiger partial charge in [0.2, 0.25) is 0 Å². The van der Waals surface area contributed by atoms with Crippen LogP contribution >= 0.6 is 0 Å². The first-order valence-electron chi connectivity index (χ1n) is 8.56. The van der Waals surface area contributed by atoms with Gasteiger partial charge in [0.1, 0.15) is 6.10 Å². The summed E-state index contributed by atoms with van der Waals surface area (Å²) >= 11 is 0. The van der Waals surface area contributed by atoms with Crippen molar-refractivity contribution in [2.24, 2.45) is 0 Å². The van der Waals surface area contributed by atoms with Gasteiger partial charge in [-0.15, -0.1) is 0 Å². The summed E-state index contributed by atoms with van der Waals surface area (Å²) in [5, 5.41) is 17.4. The molecule has 0 aromatic carbocycles. The molecule has 0 spiro atoms. The zero-order valence-corrected chi connectivity index (χ0v) is 13.9. The highest BCUT2D eigenvalue weighted by Crippen LogP contribution is 2.11. The maximum atomic E-state index is 10.4. The molecule has 0 saturated heterocycles. The van der Waals surface area contributed by atoms with Gasteiger partial charge in [0, 0.05) is 6.42 Å². The second-order valence-electron chi connectivity index (χ2n) is 5.65. The minimum atomic E-state index is -0.721. The standard InChI is InChI=1S/C18H32O4/c1-2-3-4-5-6-8-11-14-17(22-21)15-12-9-7-10-13-16-18(19)20/h6,8,11,14,17,21H,2-5,7,9-10,12-13,15-16H2,1H3,(H,19,20)/b8-6-,14-11+/t17-/m0/s1. The summed E-state index contributed by atoms with van der Waals surface area (Å²) in [5.74, 6) is -0.721. The van der Waals surface area contributed by atoms with Crippen LogP contribution in [-0.2, 0) is 9.68 Å². The van der Waals surface area contributed by atoms with Crippen LogP contribution in [0, 0.1) is 0 Å². The molecule has 0 bridgehead atoms. The van der Waals surface area contributed by atoms with Crippen LogP contribution in [0.15, 0.2) is 24.3 Å². The molecule has 0 heterocycles. The fourth-order valence-electron chi connectivity index (χ4n) is 2.21. The van der Waals surface area contributed by atoms with E-state index in [0.29, 0.717) is 0 Å². The van der Waals surface area contributed by atoms with Gasteiger partial charge in [0.05, 0.1) is 0 Å². The Labute approximate surface area is 134 Å². The van der Waals surface area contributed by atoms with E-state index in [1.807, 2.05) is 18.2 Å². The second kappa shape index (κ2) is 16.2. The molecular formula is C18H32O4. The molecule has 22 heavy (non-hydrogen) atoms. The second-order valence-corrected chi connectivity index (χ2v) is 5.65. The van der Waals surface area contributed by atoms with Crippen LogP contribution in [0.4, 0.5) is 0 Å². The summed E-state index contributed by atoms with van der Waals surface area (Å²) in [6.45, 7) is 2.19. The molecule has 0 aliphatic carbocycles. The van der Waals surface area contributed by atoms with Gasteiger partial charge in [0.15, 0.2) is 0 Å². The van der Waals surface area contributed by atoms with Crippen molar-refractivity contribution >= 4 is 5.97 Å². The monoisotopic (exact) mass is 312 g/mol. The van der Waals surface area contributed by atoms with Gasteiger partial charge in [-0.1, -0.05) is 69.8 Å². The molecule has 0 aliphatic heterocycles. The Morgan fingerprint density at radius 3 is 2.45 bits per heavy atom. The quantitative estimate of drug-likeness (QED) is 0.185. The van der Waals surface area contributed by atoms with Gasteiger partial charge in [-0.2, -0.15) is 0 Å². The Balaban J connectivity index is 3.59. The minimum absolute atomic E-state index is 0.251. The molecule has 4 heteroatoms. The summed E-state index contributed by atoms with van der Waals surface area (Å²) in [5.41, 5.74) is 0. The van der Waals surface area contributed by atoms with E-state index in [9.17, 15) is 4.79 Å². The number of carbonyl (C=O) groups is 1.